The molecule has 2 aliphatic heterocycles. The first-order valence-corrected chi connectivity index (χ1v) is 27.8. The zero-order chi connectivity index (χ0) is 55.1. The molecule has 9 rings (SSSR count). The topological polar surface area (TPSA) is 261 Å². The number of ether oxygens (including phenoxy) is 4. The van der Waals surface area contributed by atoms with E-state index in [1.807, 2.05) is 0 Å². The number of nitrogens with one attached hydrogen (secondary N) is 2. The van der Waals surface area contributed by atoms with Crippen LogP contribution in [0.1, 0.15) is 68.5 Å². The molecule has 2 saturated heterocycles. The Morgan fingerprint density at radius 3 is 1.45 bits per heavy atom. The van der Waals surface area contributed by atoms with Crippen LogP contribution in [0.5, 0.6) is 11.5 Å². The van der Waals surface area contributed by atoms with Gasteiger partial charge >= 0.3 is 38.7 Å². The number of aromatic nitrogens is 4. The number of benzene rings is 5. The van der Waals surface area contributed by atoms with Crippen molar-refractivity contribution in [2.45, 2.75) is 69.4 Å². The quantitative estimate of drug-likeness (QED) is 0.0532. The molecule has 0 saturated carbocycles. The van der Waals surface area contributed by atoms with Gasteiger partial charge < -0.3 is 28.0 Å². The number of phosphoric ester groups is 1. The van der Waals surface area contributed by atoms with Gasteiger partial charge in [-0.2, -0.15) is 0 Å². The van der Waals surface area contributed by atoms with E-state index in [0.717, 1.165) is 9.13 Å². The predicted molar refractivity (Wildman–Crippen MR) is 282 cm³/mol. The van der Waals surface area contributed by atoms with Gasteiger partial charge in [0.2, 0.25) is 5.85 Å². The number of aromatic amines is 2. The van der Waals surface area contributed by atoms with E-state index in [1.54, 1.807) is 54.6 Å². The maximum absolute atomic E-state index is 16.1. The van der Waals surface area contributed by atoms with Crippen LogP contribution in [0.25, 0.3) is 0 Å². The van der Waals surface area contributed by atoms with Crippen molar-refractivity contribution in [3.63, 3.8) is 0 Å². The summed E-state index contributed by atoms with van der Waals surface area (Å²) in [7, 11) is -10.3. The highest BCUT2D eigenvalue weighted by Gasteiger charge is 2.50. The number of aryl methyl sites for hydroxylation is 2. The average Bonchev–Trinajstić information content (AvgIpc) is 4.12. The second-order valence-corrected chi connectivity index (χ2v) is 22.3. The molecule has 0 amide bonds. The van der Waals surface area contributed by atoms with Crippen molar-refractivity contribution in [3.8, 4) is 11.5 Å². The number of carbonyl (C=O) groups is 2. The molecular formula is C53H48Cl2N4O17P2. The average molecular weight is 1150 g/mol. The van der Waals surface area contributed by atoms with E-state index >= 15 is 9.13 Å². The molecule has 78 heavy (non-hydrogen) atoms. The van der Waals surface area contributed by atoms with Gasteiger partial charge in [0.25, 0.3) is 11.1 Å². The summed E-state index contributed by atoms with van der Waals surface area (Å²) in [5.41, 5.74) is -2.15. The highest BCUT2D eigenvalue weighted by molar-refractivity contribution is 7.56. The molecule has 7 aromatic rings. The van der Waals surface area contributed by atoms with Crippen LogP contribution in [0.3, 0.4) is 0 Å². The Kier molecular flexibility index (Phi) is 17.3. The molecule has 0 aliphatic carbocycles. The molecule has 2 N–H and O–H groups in total. The Morgan fingerprint density at radius 1 is 0.590 bits per heavy atom. The van der Waals surface area contributed by atoms with Gasteiger partial charge in [0, 0.05) is 46.4 Å². The van der Waals surface area contributed by atoms with Crippen molar-refractivity contribution in [2.24, 2.45) is 0 Å². The molecule has 2 aromatic heterocycles. The summed E-state index contributed by atoms with van der Waals surface area (Å²) in [6, 6.07) is 35.0. The summed E-state index contributed by atoms with van der Waals surface area (Å²) in [5.74, 6) is -3.76. The smallest absolute Gasteiger partial charge is 0.456 e. The van der Waals surface area contributed by atoms with Crippen molar-refractivity contribution >= 4 is 50.6 Å². The normalized spacial score (nSPS) is 20.9. The van der Waals surface area contributed by atoms with Crippen LogP contribution >= 0.6 is 38.6 Å². The Bertz CT molecular complexity index is 3610. The fraction of sp³-hybridized carbons (Fsp3) is 0.245. The van der Waals surface area contributed by atoms with E-state index in [-0.39, 0.29) is 62.2 Å². The summed E-state index contributed by atoms with van der Waals surface area (Å²) in [6.45, 7) is 1.51. The van der Waals surface area contributed by atoms with Crippen molar-refractivity contribution in [3.05, 3.63) is 231 Å². The second kappa shape index (κ2) is 24.2. The van der Waals surface area contributed by atoms with E-state index in [0.29, 0.717) is 0 Å². The van der Waals surface area contributed by atoms with Crippen molar-refractivity contribution in [2.75, 3.05) is 13.2 Å². The molecule has 2 aliphatic rings. The van der Waals surface area contributed by atoms with Crippen molar-refractivity contribution in [1.82, 2.24) is 19.1 Å². The van der Waals surface area contributed by atoms with E-state index in [9.17, 15) is 28.8 Å². The molecule has 2 fully saturated rings. The largest absolute Gasteiger partial charge is 0.531 e. The fourth-order valence-electron chi connectivity index (χ4n) is 8.32. The molecule has 9 atom stereocenters. The standard InChI is InChI=1S/C53H48Cl2N4O17P2/c1-32-28-58(52(64)56-47(32)60)45-26-41(72-49(62)34-12-6-3-7-13-34)43(70-45)30-68-77(66,74-39-22-18-37(54)19-23-39)51(36-16-10-5-11-17-36)76-78(67,75-40-24-20-38(55)21-25-40)69-31-44-42(73-50(63)35-14-8-4-9-15-35)27-46(71-44)59-29-33(2)48(61)57-53(59)65/h3-25,28-29,41-46,51H,26-27,30-31H2,1-2H3,(H,56,60,64)(H,57,61,65)/t41-,42-,43+,44+,45+,46+,51?,77?,78?/m0/s1. The summed E-state index contributed by atoms with van der Waals surface area (Å²) in [6.07, 6.45) is -5.09. The third-order valence-electron chi connectivity index (χ3n) is 12.3. The first-order valence-electron chi connectivity index (χ1n) is 24.0. The molecule has 0 bridgehead atoms. The zero-order valence-electron chi connectivity index (χ0n) is 41.3. The van der Waals surface area contributed by atoms with E-state index in [1.165, 1.54) is 111 Å². The van der Waals surface area contributed by atoms with Crippen LogP contribution in [-0.2, 0) is 41.6 Å². The number of rotatable bonds is 20. The Labute approximate surface area is 453 Å². The first kappa shape index (κ1) is 55.6. The number of H-pyrrole nitrogens is 2. The lowest BCUT2D eigenvalue weighted by atomic mass is 10.1. The number of carbonyl (C=O) groups excluding carboxylic acids is 2. The van der Waals surface area contributed by atoms with Gasteiger partial charge in [-0.05, 0) is 92.2 Å². The van der Waals surface area contributed by atoms with Gasteiger partial charge in [-0.25, -0.2) is 28.3 Å². The second-order valence-electron chi connectivity index (χ2n) is 17.8. The highest BCUT2D eigenvalue weighted by Crippen LogP contribution is 2.67. The Balaban J connectivity index is 1.08. The minimum absolute atomic E-state index is 0.0468. The van der Waals surface area contributed by atoms with E-state index in [2.05, 4.69) is 9.97 Å². The maximum Gasteiger partial charge on any atom is 0.531 e. The van der Waals surface area contributed by atoms with Crippen molar-refractivity contribution < 1.29 is 60.3 Å². The van der Waals surface area contributed by atoms with Gasteiger partial charge in [0.15, 0.2) is 0 Å². The van der Waals surface area contributed by atoms with E-state index < -0.39 is 106 Å². The van der Waals surface area contributed by atoms with Crippen LogP contribution in [0.4, 0.5) is 0 Å². The zero-order valence-corrected chi connectivity index (χ0v) is 44.6. The molecule has 406 valence electrons. The van der Waals surface area contributed by atoms with Gasteiger partial charge in [-0.15, -0.1) is 0 Å². The van der Waals surface area contributed by atoms with Gasteiger partial charge in [0.05, 0.1) is 24.3 Å². The number of hydrogen-bond acceptors (Lipinski definition) is 17. The fourth-order valence-corrected chi connectivity index (χ4v) is 12.2. The van der Waals surface area contributed by atoms with Crippen LogP contribution in [-0.4, -0.2) is 68.7 Å². The molecule has 21 nitrogen and oxygen atoms in total. The molecular weight excluding hydrogens is 1100 g/mol. The number of phosphoric acid groups is 1. The maximum atomic E-state index is 16.1. The lowest BCUT2D eigenvalue weighted by Crippen LogP contribution is -2.33. The first-order chi connectivity index (χ1) is 37.4. The van der Waals surface area contributed by atoms with E-state index in [4.69, 9.17) is 64.8 Å². The van der Waals surface area contributed by atoms with Crippen LogP contribution < -0.4 is 31.5 Å². The monoisotopic (exact) mass is 1140 g/mol. The van der Waals surface area contributed by atoms with Crippen LogP contribution in [0.15, 0.2) is 171 Å². The number of halogens is 2. The summed E-state index contributed by atoms with van der Waals surface area (Å²) < 4.78 is 89.8. The lowest BCUT2D eigenvalue weighted by Gasteiger charge is -2.31. The van der Waals surface area contributed by atoms with Gasteiger partial charge in [-0.1, -0.05) is 89.9 Å². The molecule has 4 heterocycles. The third kappa shape index (κ3) is 13.4. The molecule has 0 spiro atoms. The van der Waals surface area contributed by atoms with Crippen molar-refractivity contribution in [1.29, 1.82) is 0 Å². The molecule has 5 aromatic carbocycles. The Morgan fingerprint density at radius 2 is 1.00 bits per heavy atom. The van der Waals surface area contributed by atoms with Gasteiger partial charge in [0.1, 0.15) is 48.4 Å². The molecule has 3 unspecified atom stereocenters. The van der Waals surface area contributed by atoms with Gasteiger partial charge in [-0.3, -0.25) is 42.3 Å². The summed E-state index contributed by atoms with van der Waals surface area (Å²) in [4.78, 5) is 82.6. The minimum Gasteiger partial charge on any atom is -0.456 e. The predicted octanol–water partition coefficient (Wildman–Crippen LogP) is 9.24. The summed E-state index contributed by atoms with van der Waals surface area (Å²) >= 11 is 12.5. The number of esters is 2. The third-order valence-corrected chi connectivity index (χ3v) is 16.3. The number of hydrogen-bond donors (Lipinski definition) is 2. The van der Waals surface area contributed by atoms with Crippen LogP contribution in [0, 0.1) is 13.8 Å². The highest BCUT2D eigenvalue weighted by atomic mass is 35.5. The van der Waals surface area contributed by atoms with Crippen LogP contribution in [0.2, 0.25) is 10.0 Å². The molecule has 25 heteroatoms. The molecule has 0 radical (unpaired) electrons. The Hall–Kier alpha value is -7.16. The lowest BCUT2D eigenvalue weighted by molar-refractivity contribution is -0.0540. The number of nitrogens with zero attached hydrogens (tertiary/aromatic N) is 2. The summed E-state index contributed by atoms with van der Waals surface area (Å²) in [5, 5.41) is 0.565. The minimum atomic E-state index is -5.25. The SMILES string of the molecule is Cc1cn([C@H]2C[C@H](OC(=O)c3ccccc3)[C@@H](COP(=O)(Oc3ccc(Cl)cc3)OC(c3ccccc3)P(=O)(OC[C@H]3O[C@@H](n4cc(C)c(=O)[nH]c4=O)C[C@@H]3OC(=O)c3ccccc3)Oc3ccc(Cl)cc3)O2)c(=O)[nH]c1=O.